The third kappa shape index (κ3) is 15.7. The standard InChI is InChI=1S/C38H54N4O8S2/c1-21(2)17-29(35(47)49-37(7,8)9)41-33(45)27-19-25(39-23(5)43)13-15-31(27)51-52-32-16-14-26(40-24(6)44)20-28(32)34(46)42-30(18-22(3)4)36(48)50-38(10,11)12/h13-16,19-22,29-30H,17-18H2,1-12H3,(H,39,43)(H,40,44)(H,41,45)(H,42,46)/t29-,30+. The first kappa shape index (κ1) is 44.1. The first-order valence-corrected chi connectivity index (χ1v) is 19.3. The van der Waals surface area contributed by atoms with E-state index in [0.29, 0.717) is 34.0 Å². The van der Waals surface area contributed by atoms with E-state index < -0.39 is 47.0 Å². The second-order valence-electron chi connectivity index (χ2n) is 15.3. The lowest BCUT2D eigenvalue weighted by atomic mass is 10.0. The molecule has 2 aromatic rings. The van der Waals surface area contributed by atoms with Crippen LogP contribution >= 0.6 is 21.6 Å². The molecule has 0 radical (unpaired) electrons. The highest BCUT2D eigenvalue weighted by atomic mass is 33.1. The third-order valence-electron chi connectivity index (χ3n) is 6.72. The molecule has 0 aromatic heterocycles. The number of carbonyl (C=O) groups is 6. The molecule has 0 saturated heterocycles. The summed E-state index contributed by atoms with van der Waals surface area (Å²) in [5.74, 6) is -2.77. The average molecular weight is 759 g/mol. The van der Waals surface area contributed by atoms with E-state index in [9.17, 15) is 28.8 Å². The number of ether oxygens (including phenoxy) is 2. The number of hydrogen-bond donors (Lipinski definition) is 4. The highest BCUT2D eigenvalue weighted by Crippen LogP contribution is 2.42. The molecule has 52 heavy (non-hydrogen) atoms. The summed E-state index contributed by atoms with van der Waals surface area (Å²) in [6.45, 7) is 20.9. The van der Waals surface area contributed by atoms with Gasteiger partial charge in [-0.1, -0.05) is 49.3 Å². The van der Waals surface area contributed by atoms with Crippen molar-refractivity contribution in [1.82, 2.24) is 10.6 Å². The van der Waals surface area contributed by atoms with Crippen LogP contribution in [0.3, 0.4) is 0 Å². The second-order valence-corrected chi connectivity index (χ2v) is 17.5. The van der Waals surface area contributed by atoms with Gasteiger partial charge in [0.1, 0.15) is 23.3 Å². The van der Waals surface area contributed by atoms with Gasteiger partial charge in [0, 0.05) is 35.0 Å². The highest BCUT2D eigenvalue weighted by Gasteiger charge is 2.30. The van der Waals surface area contributed by atoms with Crippen molar-refractivity contribution in [3.63, 3.8) is 0 Å². The lowest BCUT2D eigenvalue weighted by Gasteiger charge is -2.26. The number of esters is 2. The van der Waals surface area contributed by atoms with Gasteiger partial charge >= 0.3 is 11.9 Å². The van der Waals surface area contributed by atoms with E-state index in [1.807, 2.05) is 27.7 Å². The highest BCUT2D eigenvalue weighted by molar-refractivity contribution is 8.76. The van der Waals surface area contributed by atoms with Gasteiger partial charge in [0.25, 0.3) is 11.8 Å². The van der Waals surface area contributed by atoms with Crippen molar-refractivity contribution in [3.05, 3.63) is 47.5 Å². The van der Waals surface area contributed by atoms with E-state index in [-0.39, 0.29) is 34.8 Å². The number of carbonyl (C=O) groups excluding carboxylic acids is 6. The lowest BCUT2D eigenvalue weighted by molar-refractivity contribution is -0.158. The zero-order chi connectivity index (χ0) is 39.6. The van der Waals surface area contributed by atoms with Gasteiger partial charge in [0.15, 0.2) is 0 Å². The molecule has 0 saturated carbocycles. The van der Waals surface area contributed by atoms with Crippen LogP contribution in [0.2, 0.25) is 0 Å². The molecule has 12 nitrogen and oxygen atoms in total. The molecule has 0 aliphatic heterocycles. The molecule has 14 heteroatoms. The predicted molar refractivity (Wildman–Crippen MR) is 206 cm³/mol. The second kappa shape index (κ2) is 19.2. The molecule has 286 valence electrons. The molecular formula is C38H54N4O8S2. The van der Waals surface area contributed by atoms with Gasteiger partial charge in [-0.25, -0.2) is 9.59 Å². The van der Waals surface area contributed by atoms with Crippen molar-refractivity contribution in [2.45, 2.75) is 129 Å². The van der Waals surface area contributed by atoms with Gasteiger partial charge in [-0.15, -0.1) is 0 Å². The summed E-state index contributed by atoms with van der Waals surface area (Å²) in [5.41, 5.74) is -0.402. The van der Waals surface area contributed by atoms with Crippen LogP contribution in [0.25, 0.3) is 0 Å². The number of hydrogen-bond acceptors (Lipinski definition) is 10. The quantitative estimate of drug-likeness (QED) is 0.106. The normalized spacial score (nSPS) is 12.8. The van der Waals surface area contributed by atoms with Crippen LogP contribution in [0.4, 0.5) is 11.4 Å². The first-order valence-electron chi connectivity index (χ1n) is 17.2. The molecular weight excluding hydrogens is 705 g/mol. The molecule has 2 aromatic carbocycles. The minimum absolute atomic E-state index is 0.0634. The van der Waals surface area contributed by atoms with E-state index in [0.717, 1.165) is 0 Å². The Kier molecular flexibility index (Phi) is 16.3. The maximum atomic E-state index is 13.9. The van der Waals surface area contributed by atoms with Crippen LogP contribution in [0.15, 0.2) is 46.2 Å². The van der Waals surface area contributed by atoms with E-state index in [1.54, 1.807) is 65.8 Å². The Morgan fingerprint density at radius 3 is 1.19 bits per heavy atom. The van der Waals surface area contributed by atoms with Gasteiger partial charge in [-0.2, -0.15) is 0 Å². The molecule has 0 aliphatic rings. The fourth-order valence-corrected chi connectivity index (χ4v) is 7.12. The van der Waals surface area contributed by atoms with Crippen molar-refractivity contribution in [2.24, 2.45) is 11.8 Å². The van der Waals surface area contributed by atoms with Crippen LogP contribution in [-0.2, 0) is 28.7 Å². The van der Waals surface area contributed by atoms with E-state index in [4.69, 9.17) is 9.47 Å². The molecule has 0 bridgehead atoms. The summed E-state index contributed by atoms with van der Waals surface area (Å²) in [4.78, 5) is 78.7. The maximum Gasteiger partial charge on any atom is 0.329 e. The average Bonchev–Trinajstić information content (AvgIpc) is 2.97. The van der Waals surface area contributed by atoms with Gasteiger partial charge in [0.05, 0.1) is 11.1 Å². The zero-order valence-corrected chi connectivity index (χ0v) is 33.9. The van der Waals surface area contributed by atoms with Crippen molar-refractivity contribution in [2.75, 3.05) is 10.6 Å². The Labute approximate surface area is 315 Å². The summed E-state index contributed by atoms with van der Waals surface area (Å²) >= 11 is 0. The predicted octanol–water partition coefficient (Wildman–Crippen LogP) is 7.38. The summed E-state index contributed by atoms with van der Waals surface area (Å²) < 4.78 is 11.2. The van der Waals surface area contributed by atoms with Crippen LogP contribution in [-0.4, -0.2) is 58.9 Å². The third-order valence-corrected chi connectivity index (χ3v) is 9.20. The van der Waals surface area contributed by atoms with Crippen molar-refractivity contribution < 1.29 is 38.2 Å². The topological polar surface area (TPSA) is 169 Å². The maximum absolute atomic E-state index is 13.9. The summed E-state index contributed by atoms with van der Waals surface area (Å²) in [5, 5.41) is 11.0. The van der Waals surface area contributed by atoms with Crippen LogP contribution in [0.1, 0.15) is 117 Å². The number of rotatable bonds is 15. The molecule has 2 atom stereocenters. The number of nitrogens with one attached hydrogen (secondary N) is 4. The van der Waals surface area contributed by atoms with Crippen molar-refractivity contribution in [3.8, 4) is 0 Å². The molecule has 4 N–H and O–H groups in total. The van der Waals surface area contributed by atoms with Crippen LogP contribution in [0.5, 0.6) is 0 Å². The van der Waals surface area contributed by atoms with Crippen LogP contribution in [0, 0.1) is 11.8 Å². The molecule has 2 rings (SSSR count). The minimum atomic E-state index is -0.929. The fraction of sp³-hybridized carbons (Fsp3) is 0.526. The molecule has 0 spiro atoms. The van der Waals surface area contributed by atoms with E-state index >= 15 is 0 Å². The summed E-state index contributed by atoms with van der Waals surface area (Å²) in [6, 6.07) is 7.79. The van der Waals surface area contributed by atoms with E-state index in [2.05, 4.69) is 21.3 Å². The molecule has 0 unspecified atom stereocenters. The Balaban J connectivity index is 2.53. The first-order chi connectivity index (χ1) is 23.9. The largest absolute Gasteiger partial charge is 0.458 e. The van der Waals surface area contributed by atoms with Gasteiger partial charge in [-0.3, -0.25) is 19.2 Å². The number of benzene rings is 2. The van der Waals surface area contributed by atoms with Gasteiger partial charge in [0.2, 0.25) is 11.8 Å². The molecule has 4 amide bonds. The Bertz CT molecular complexity index is 1510. The van der Waals surface area contributed by atoms with Crippen molar-refractivity contribution in [1.29, 1.82) is 0 Å². The smallest absolute Gasteiger partial charge is 0.329 e. The van der Waals surface area contributed by atoms with E-state index in [1.165, 1.54) is 47.6 Å². The monoisotopic (exact) mass is 758 g/mol. The number of anilines is 2. The Morgan fingerprint density at radius 2 is 0.923 bits per heavy atom. The lowest BCUT2D eigenvalue weighted by Crippen LogP contribution is -2.45. The summed E-state index contributed by atoms with van der Waals surface area (Å²) in [6.07, 6.45) is 0.674. The Hall–Kier alpha value is -4.04. The van der Waals surface area contributed by atoms with Gasteiger partial charge in [-0.05, 0) is 103 Å². The van der Waals surface area contributed by atoms with Crippen molar-refractivity contribution >= 4 is 68.5 Å². The minimum Gasteiger partial charge on any atom is -0.458 e. The molecule has 0 fully saturated rings. The van der Waals surface area contributed by atoms with Gasteiger partial charge < -0.3 is 30.7 Å². The van der Waals surface area contributed by atoms with Crippen LogP contribution < -0.4 is 21.3 Å². The Morgan fingerprint density at radius 1 is 0.596 bits per heavy atom. The zero-order valence-electron chi connectivity index (χ0n) is 32.3. The number of amides is 4. The summed E-state index contributed by atoms with van der Waals surface area (Å²) in [7, 11) is 2.36. The molecule has 0 heterocycles. The SMILES string of the molecule is CC(=O)Nc1ccc(SSc2ccc(NC(C)=O)cc2C(=O)N[C@H](CC(C)C)C(=O)OC(C)(C)C)c(C(=O)N[C@@H](CC(C)C)C(=O)OC(C)(C)C)c1. The fourth-order valence-electron chi connectivity index (χ4n) is 4.80. The molecule has 0 aliphatic carbocycles.